The Balaban J connectivity index is 1.56. The highest BCUT2D eigenvalue weighted by Gasteiger charge is 2.31. The van der Waals surface area contributed by atoms with Crippen LogP contribution in [0.5, 0.6) is 0 Å². The van der Waals surface area contributed by atoms with Crippen LogP contribution in [0.2, 0.25) is 0 Å². The Kier molecular flexibility index (Phi) is 5.53. The van der Waals surface area contributed by atoms with Crippen LogP contribution >= 0.6 is 11.3 Å². The standard InChI is InChI=1S/C17H26N4O2S/c1-19-9-11-20(12-10-19)8-6-16(22)21-7-2-3-13(21)14-4-5-15(24-14)17(18)23/h4-5,13H,2-3,6-12H2,1H3,(H2,18,23)/t13-/m0/s1. The predicted octanol–water partition coefficient (Wildman–Crippen LogP) is 1.15. The maximum atomic E-state index is 12.7. The lowest BCUT2D eigenvalue weighted by Gasteiger charge is -2.33. The molecule has 2 fully saturated rings. The number of carbonyl (C=O) groups is 2. The molecule has 0 aliphatic carbocycles. The number of hydrogen-bond donors (Lipinski definition) is 1. The van der Waals surface area contributed by atoms with E-state index < -0.39 is 5.91 Å². The molecule has 0 radical (unpaired) electrons. The molecule has 1 aromatic heterocycles. The quantitative estimate of drug-likeness (QED) is 0.865. The van der Waals surface area contributed by atoms with Crippen molar-refractivity contribution in [3.63, 3.8) is 0 Å². The monoisotopic (exact) mass is 350 g/mol. The van der Waals surface area contributed by atoms with Crippen molar-refractivity contribution < 1.29 is 9.59 Å². The van der Waals surface area contributed by atoms with Gasteiger partial charge in [0, 0.05) is 50.6 Å². The van der Waals surface area contributed by atoms with Gasteiger partial charge in [-0.1, -0.05) is 0 Å². The summed E-state index contributed by atoms with van der Waals surface area (Å²) >= 11 is 1.42. The van der Waals surface area contributed by atoms with Crippen LogP contribution in [0.1, 0.15) is 39.9 Å². The Morgan fingerprint density at radius 1 is 1.21 bits per heavy atom. The van der Waals surface area contributed by atoms with Crippen molar-refractivity contribution in [2.75, 3.05) is 46.3 Å². The highest BCUT2D eigenvalue weighted by atomic mass is 32.1. The number of piperazine rings is 1. The number of primary amides is 1. The van der Waals surface area contributed by atoms with Gasteiger partial charge in [0.15, 0.2) is 0 Å². The summed E-state index contributed by atoms with van der Waals surface area (Å²) < 4.78 is 0. The van der Waals surface area contributed by atoms with Gasteiger partial charge in [-0.25, -0.2) is 0 Å². The van der Waals surface area contributed by atoms with Crippen LogP contribution in [0.25, 0.3) is 0 Å². The van der Waals surface area contributed by atoms with E-state index in [1.807, 2.05) is 11.0 Å². The average Bonchev–Trinajstić information content (AvgIpc) is 3.22. The maximum absolute atomic E-state index is 12.7. The highest BCUT2D eigenvalue weighted by molar-refractivity contribution is 7.14. The molecular formula is C17H26N4O2S. The molecule has 1 aromatic rings. The molecule has 0 unspecified atom stereocenters. The molecule has 132 valence electrons. The number of nitrogens with two attached hydrogens (primary N) is 1. The summed E-state index contributed by atoms with van der Waals surface area (Å²) in [5.41, 5.74) is 5.34. The van der Waals surface area contributed by atoms with Crippen LogP contribution in [-0.4, -0.2) is 72.8 Å². The number of amides is 2. The second kappa shape index (κ2) is 7.63. The summed E-state index contributed by atoms with van der Waals surface area (Å²) in [6.45, 7) is 5.89. The van der Waals surface area contributed by atoms with Gasteiger partial charge in [0.1, 0.15) is 0 Å². The molecule has 3 rings (SSSR count). The predicted molar refractivity (Wildman–Crippen MR) is 95.1 cm³/mol. The number of likely N-dealkylation sites (N-methyl/N-ethyl adjacent to an activating group) is 1. The smallest absolute Gasteiger partial charge is 0.258 e. The first-order valence-corrected chi connectivity index (χ1v) is 9.46. The Bertz CT molecular complexity index is 595. The van der Waals surface area contributed by atoms with Crippen molar-refractivity contribution in [2.24, 2.45) is 5.73 Å². The van der Waals surface area contributed by atoms with Gasteiger partial charge in [-0.2, -0.15) is 0 Å². The third kappa shape index (κ3) is 3.96. The highest BCUT2D eigenvalue weighted by Crippen LogP contribution is 2.36. The minimum atomic E-state index is -0.391. The zero-order chi connectivity index (χ0) is 17.1. The Morgan fingerprint density at radius 2 is 1.96 bits per heavy atom. The molecular weight excluding hydrogens is 324 g/mol. The van der Waals surface area contributed by atoms with Crippen LogP contribution in [0, 0.1) is 0 Å². The number of nitrogens with zero attached hydrogens (tertiary/aromatic N) is 3. The third-order valence-corrected chi connectivity index (χ3v) is 6.21. The molecule has 2 saturated heterocycles. The molecule has 1 atom stereocenters. The lowest BCUT2D eigenvalue weighted by molar-refractivity contribution is -0.132. The largest absolute Gasteiger partial charge is 0.365 e. The molecule has 2 N–H and O–H groups in total. The van der Waals surface area contributed by atoms with Crippen LogP contribution < -0.4 is 5.73 Å². The Hall–Kier alpha value is -1.44. The average molecular weight is 350 g/mol. The molecule has 24 heavy (non-hydrogen) atoms. The minimum Gasteiger partial charge on any atom is -0.365 e. The van der Waals surface area contributed by atoms with E-state index in [0.29, 0.717) is 11.3 Å². The SMILES string of the molecule is CN1CCN(CCC(=O)N2CCC[C@H]2c2ccc(C(N)=O)s2)CC1. The Morgan fingerprint density at radius 3 is 2.62 bits per heavy atom. The van der Waals surface area contributed by atoms with E-state index in [1.54, 1.807) is 6.07 Å². The molecule has 3 heterocycles. The van der Waals surface area contributed by atoms with E-state index in [9.17, 15) is 9.59 Å². The molecule has 0 spiro atoms. The molecule has 0 saturated carbocycles. The van der Waals surface area contributed by atoms with Gasteiger partial charge in [0.25, 0.3) is 5.91 Å². The van der Waals surface area contributed by atoms with Crippen LogP contribution in [0.15, 0.2) is 12.1 Å². The van der Waals surface area contributed by atoms with Crippen LogP contribution in [0.4, 0.5) is 0 Å². The van der Waals surface area contributed by atoms with Gasteiger partial charge in [0.2, 0.25) is 5.91 Å². The van der Waals surface area contributed by atoms with Gasteiger partial charge >= 0.3 is 0 Å². The van der Waals surface area contributed by atoms with Crippen LogP contribution in [0.3, 0.4) is 0 Å². The summed E-state index contributed by atoms with van der Waals surface area (Å²) in [4.78, 5) is 32.3. The molecule has 7 heteroatoms. The summed E-state index contributed by atoms with van der Waals surface area (Å²) in [5.74, 6) is -0.164. The van der Waals surface area contributed by atoms with Crippen LogP contribution in [-0.2, 0) is 4.79 Å². The fourth-order valence-electron chi connectivity index (χ4n) is 3.49. The normalized spacial score (nSPS) is 22.9. The molecule has 2 aliphatic heterocycles. The van der Waals surface area contributed by atoms with E-state index in [4.69, 9.17) is 5.73 Å². The first kappa shape index (κ1) is 17.4. The van der Waals surface area contributed by atoms with Crippen molar-refractivity contribution in [2.45, 2.75) is 25.3 Å². The third-order valence-electron chi connectivity index (χ3n) is 5.01. The zero-order valence-electron chi connectivity index (χ0n) is 14.2. The Labute approximate surface area is 147 Å². The number of thiophene rings is 1. The molecule has 0 aromatic carbocycles. The first-order valence-electron chi connectivity index (χ1n) is 8.64. The molecule has 0 bridgehead atoms. The van der Waals surface area contributed by atoms with E-state index >= 15 is 0 Å². The molecule has 2 aliphatic rings. The van der Waals surface area contributed by atoms with Gasteiger partial charge < -0.3 is 20.4 Å². The van der Waals surface area contributed by atoms with Gasteiger partial charge in [-0.15, -0.1) is 11.3 Å². The molecule has 2 amide bonds. The fourth-order valence-corrected chi connectivity index (χ4v) is 4.50. The summed E-state index contributed by atoms with van der Waals surface area (Å²) in [7, 11) is 2.14. The van der Waals surface area contributed by atoms with Gasteiger partial charge in [0.05, 0.1) is 10.9 Å². The second-order valence-corrected chi connectivity index (χ2v) is 7.82. The van der Waals surface area contributed by atoms with E-state index in [1.165, 1.54) is 11.3 Å². The van der Waals surface area contributed by atoms with E-state index in [0.717, 1.165) is 57.0 Å². The number of hydrogen-bond acceptors (Lipinski definition) is 5. The van der Waals surface area contributed by atoms with Crippen molar-refractivity contribution in [3.05, 3.63) is 21.9 Å². The summed E-state index contributed by atoms with van der Waals surface area (Å²) in [5, 5.41) is 0. The summed E-state index contributed by atoms with van der Waals surface area (Å²) in [6, 6.07) is 3.83. The summed E-state index contributed by atoms with van der Waals surface area (Å²) in [6.07, 6.45) is 2.57. The number of rotatable bonds is 5. The van der Waals surface area contributed by atoms with Crippen molar-refractivity contribution in [3.8, 4) is 0 Å². The zero-order valence-corrected chi connectivity index (χ0v) is 15.1. The topological polar surface area (TPSA) is 69.9 Å². The van der Waals surface area contributed by atoms with Gasteiger partial charge in [-0.05, 0) is 32.0 Å². The lowest BCUT2D eigenvalue weighted by atomic mass is 10.1. The fraction of sp³-hybridized carbons (Fsp3) is 0.647. The molecule has 6 nitrogen and oxygen atoms in total. The van der Waals surface area contributed by atoms with E-state index in [2.05, 4.69) is 16.8 Å². The lowest BCUT2D eigenvalue weighted by Crippen LogP contribution is -2.45. The van der Waals surface area contributed by atoms with Crippen molar-refractivity contribution in [1.29, 1.82) is 0 Å². The van der Waals surface area contributed by atoms with Gasteiger partial charge in [-0.3, -0.25) is 9.59 Å². The van der Waals surface area contributed by atoms with E-state index in [-0.39, 0.29) is 11.9 Å². The first-order chi connectivity index (χ1) is 11.5. The van der Waals surface area contributed by atoms with Crippen molar-refractivity contribution >= 4 is 23.2 Å². The minimum absolute atomic E-state index is 0.114. The second-order valence-electron chi connectivity index (χ2n) is 6.71. The maximum Gasteiger partial charge on any atom is 0.258 e. The number of carbonyl (C=O) groups excluding carboxylic acids is 2. The van der Waals surface area contributed by atoms with Crippen molar-refractivity contribution in [1.82, 2.24) is 14.7 Å². The number of likely N-dealkylation sites (tertiary alicyclic amines) is 1.